The van der Waals surface area contributed by atoms with Gasteiger partial charge >= 0.3 is 0 Å². The molecule has 0 saturated carbocycles. The first-order valence-electron chi connectivity index (χ1n) is 8.13. The molecule has 118 valence electrons. The molecule has 2 heterocycles. The SMILES string of the molecule is CCC1(C(=O)N2CCCC(C(C)C)CC2)CCCN1.Cl. The Hall–Kier alpha value is -0.280. The second-order valence-electron chi connectivity index (χ2n) is 6.69. The van der Waals surface area contributed by atoms with Gasteiger partial charge in [-0.15, -0.1) is 12.4 Å². The Bertz CT molecular complexity index is 314. The van der Waals surface area contributed by atoms with Crippen molar-refractivity contribution >= 4 is 18.3 Å². The van der Waals surface area contributed by atoms with Crippen LogP contribution in [0.4, 0.5) is 0 Å². The number of halogens is 1. The summed E-state index contributed by atoms with van der Waals surface area (Å²) in [6.45, 7) is 9.70. The highest BCUT2D eigenvalue weighted by Gasteiger charge is 2.42. The van der Waals surface area contributed by atoms with Crippen LogP contribution in [0.25, 0.3) is 0 Å². The van der Waals surface area contributed by atoms with Gasteiger partial charge in [0.05, 0.1) is 5.54 Å². The van der Waals surface area contributed by atoms with Gasteiger partial charge in [0.25, 0.3) is 0 Å². The Balaban J connectivity index is 0.00000200. The highest BCUT2D eigenvalue weighted by Crippen LogP contribution is 2.29. The van der Waals surface area contributed by atoms with E-state index in [1.165, 1.54) is 19.3 Å². The molecule has 2 aliphatic heterocycles. The quantitative estimate of drug-likeness (QED) is 0.868. The number of carbonyl (C=O) groups is 1. The summed E-state index contributed by atoms with van der Waals surface area (Å²) in [5.74, 6) is 1.92. The fraction of sp³-hybridized carbons (Fsp3) is 0.938. The average molecular weight is 303 g/mol. The van der Waals surface area contributed by atoms with Crippen LogP contribution in [0.3, 0.4) is 0 Å². The minimum absolute atomic E-state index is 0. The molecule has 0 aromatic heterocycles. The minimum Gasteiger partial charge on any atom is -0.341 e. The highest BCUT2D eigenvalue weighted by molar-refractivity contribution is 5.86. The third kappa shape index (κ3) is 3.67. The summed E-state index contributed by atoms with van der Waals surface area (Å²) in [6.07, 6.45) is 6.73. The van der Waals surface area contributed by atoms with Crippen LogP contribution in [0.15, 0.2) is 0 Å². The minimum atomic E-state index is -0.238. The number of likely N-dealkylation sites (tertiary alicyclic amines) is 1. The zero-order valence-corrected chi connectivity index (χ0v) is 14.1. The van der Waals surface area contributed by atoms with Crippen LogP contribution < -0.4 is 5.32 Å². The molecule has 2 rings (SSSR count). The van der Waals surface area contributed by atoms with Gasteiger partial charge in [-0.3, -0.25) is 4.79 Å². The molecule has 4 heteroatoms. The Labute approximate surface area is 130 Å². The lowest BCUT2D eigenvalue weighted by atomic mass is 9.89. The van der Waals surface area contributed by atoms with E-state index in [0.29, 0.717) is 5.91 Å². The number of rotatable bonds is 3. The maximum absolute atomic E-state index is 12.8. The van der Waals surface area contributed by atoms with Crippen molar-refractivity contribution in [2.45, 2.75) is 64.8 Å². The van der Waals surface area contributed by atoms with E-state index in [1.807, 2.05) is 0 Å². The van der Waals surface area contributed by atoms with Crippen LogP contribution in [-0.2, 0) is 4.79 Å². The second-order valence-corrected chi connectivity index (χ2v) is 6.69. The molecular weight excluding hydrogens is 272 g/mol. The Morgan fingerprint density at radius 3 is 2.60 bits per heavy atom. The first-order chi connectivity index (χ1) is 9.09. The van der Waals surface area contributed by atoms with E-state index in [1.54, 1.807) is 0 Å². The zero-order valence-electron chi connectivity index (χ0n) is 13.3. The summed E-state index contributed by atoms with van der Waals surface area (Å²) in [6, 6.07) is 0. The lowest BCUT2D eigenvalue weighted by molar-refractivity contribution is -0.138. The third-order valence-electron chi connectivity index (χ3n) is 5.26. The van der Waals surface area contributed by atoms with Crippen molar-refractivity contribution in [2.75, 3.05) is 19.6 Å². The molecule has 2 saturated heterocycles. The van der Waals surface area contributed by atoms with Gasteiger partial charge in [0.1, 0.15) is 0 Å². The molecule has 0 bridgehead atoms. The number of carbonyl (C=O) groups excluding carboxylic acids is 1. The van der Waals surface area contributed by atoms with Crippen molar-refractivity contribution in [3.63, 3.8) is 0 Å². The van der Waals surface area contributed by atoms with Crippen LogP contribution in [0.2, 0.25) is 0 Å². The molecule has 2 atom stereocenters. The summed E-state index contributed by atoms with van der Waals surface area (Å²) in [7, 11) is 0. The highest BCUT2D eigenvalue weighted by atomic mass is 35.5. The third-order valence-corrected chi connectivity index (χ3v) is 5.26. The lowest BCUT2D eigenvalue weighted by Crippen LogP contribution is -2.54. The van der Waals surface area contributed by atoms with Crippen molar-refractivity contribution in [1.82, 2.24) is 10.2 Å². The van der Waals surface area contributed by atoms with Crippen LogP contribution in [0, 0.1) is 11.8 Å². The molecule has 1 amide bonds. The lowest BCUT2D eigenvalue weighted by Gasteiger charge is -2.33. The Morgan fingerprint density at radius 2 is 2.05 bits per heavy atom. The number of hydrogen-bond donors (Lipinski definition) is 1. The van der Waals surface area contributed by atoms with Gasteiger partial charge in [-0.25, -0.2) is 0 Å². The molecule has 3 nitrogen and oxygen atoms in total. The van der Waals surface area contributed by atoms with Gasteiger partial charge in [0.2, 0.25) is 5.91 Å². The number of nitrogens with zero attached hydrogens (tertiary/aromatic N) is 1. The predicted octanol–water partition coefficient (Wildman–Crippen LogP) is 3.23. The predicted molar refractivity (Wildman–Crippen MR) is 86.3 cm³/mol. The van der Waals surface area contributed by atoms with Crippen LogP contribution in [0.1, 0.15) is 59.3 Å². The molecule has 0 radical (unpaired) electrons. The van der Waals surface area contributed by atoms with E-state index >= 15 is 0 Å². The van der Waals surface area contributed by atoms with E-state index in [0.717, 1.165) is 50.7 Å². The van der Waals surface area contributed by atoms with Crippen molar-refractivity contribution in [3.05, 3.63) is 0 Å². The van der Waals surface area contributed by atoms with Gasteiger partial charge in [0, 0.05) is 13.1 Å². The standard InChI is InChI=1S/C16H30N2O.ClH/c1-4-16(9-6-10-17-16)15(19)18-11-5-7-14(8-12-18)13(2)3;/h13-14,17H,4-12H2,1-3H3;1H. The van der Waals surface area contributed by atoms with E-state index < -0.39 is 0 Å². The van der Waals surface area contributed by atoms with Crippen molar-refractivity contribution < 1.29 is 4.79 Å². The van der Waals surface area contributed by atoms with Crippen molar-refractivity contribution in [1.29, 1.82) is 0 Å². The number of hydrogen-bond acceptors (Lipinski definition) is 2. The van der Waals surface area contributed by atoms with Gasteiger partial charge in [-0.2, -0.15) is 0 Å². The van der Waals surface area contributed by atoms with Crippen LogP contribution in [-0.4, -0.2) is 36.0 Å². The summed E-state index contributed by atoms with van der Waals surface area (Å²) in [4.78, 5) is 15.0. The summed E-state index contributed by atoms with van der Waals surface area (Å²) >= 11 is 0. The smallest absolute Gasteiger partial charge is 0.242 e. The fourth-order valence-corrected chi connectivity index (χ4v) is 3.74. The maximum atomic E-state index is 12.8. The first kappa shape index (κ1) is 17.8. The molecular formula is C16H31ClN2O. The molecule has 20 heavy (non-hydrogen) atoms. The molecule has 0 aromatic rings. The van der Waals surface area contributed by atoms with Gasteiger partial charge in [0.15, 0.2) is 0 Å². The van der Waals surface area contributed by atoms with E-state index in [2.05, 4.69) is 31.0 Å². The Morgan fingerprint density at radius 1 is 1.30 bits per heavy atom. The van der Waals surface area contributed by atoms with Crippen LogP contribution >= 0.6 is 12.4 Å². The molecule has 2 fully saturated rings. The normalized spacial score (nSPS) is 31.0. The molecule has 1 N–H and O–H groups in total. The van der Waals surface area contributed by atoms with Gasteiger partial charge in [-0.05, 0) is 56.9 Å². The molecule has 2 unspecified atom stereocenters. The monoisotopic (exact) mass is 302 g/mol. The maximum Gasteiger partial charge on any atom is 0.242 e. The summed E-state index contributed by atoms with van der Waals surface area (Å²) in [5.41, 5.74) is -0.238. The largest absolute Gasteiger partial charge is 0.341 e. The number of amides is 1. The molecule has 0 spiro atoms. The van der Waals surface area contributed by atoms with Crippen molar-refractivity contribution in [2.24, 2.45) is 11.8 Å². The van der Waals surface area contributed by atoms with Gasteiger partial charge < -0.3 is 10.2 Å². The topological polar surface area (TPSA) is 32.3 Å². The molecule has 2 aliphatic rings. The zero-order chi connectivity index (χ0) is 13.9. The van der Waals surface area contributed by atoms with E-state index in [4.69, 9.17) is 0 Å². The molecule has 0 aromatic carbocycles. The number of nitrogens with one attached hydrogen (secondary N) is 1. The summed E-state index contributed by atoms with van der Waals surface area (Å²) < 4.78 is 0. The van der Waals surface area contributed by atoms with Gasteiger partial charge in [-0.1, -0.05) is 20.8 Å². The fourth-order valence-electron chi connectivity index (χ4n) is 3.74. The van der Waals surface area contributed by atoms with Crippen molar-refractivity contribution in [3.8, 4) is 0 Å². The molecule has 0 aliphatic carbocycles. The van der Waals surface area contributed by atoms with Crippen LogP contribution in [0.5, 0.6) is 0 Å². The Kier molecular flexibility index (Phi) is 6.80. The average Bonchev–Trinajstić information content (AvgIpc) is 2.75. The summed E-state index contributed by atoms with van der Waals surface area (Å²) in [5, 5.41) is 3.48. The van der Waals surface area contributed by atoms with E-state index in [-0.39, 0.29) is 17.9 Å². The van der Waals surface area contributed by atoms with E-state index in [9.17, 15) is 4.79 Å². The first-order valence-corrected chi connectivity index (χ1v) is 8.13. The second kappa shape index (κ2) is 7.65.